The van der Waals surface area contributed by atoms with Gasteiger partial charge in [0, 0.05) is 12.6 Å². The highest BCUT2D eigenvalue weighted by molar-refractivity contribution is 5.74. The van der Waals surface area contributed by atoms with E-state index in [1.807, 2.05) is 24.3 Å². The minimum absolute atomic E-state index is 0.0480. The van der Waals surface area contributed by atoms with E-state index in [1.165, 1.54) is 12.0 Å². The Kier molecular flexibility index (Phi) is 4.45. The lowest BCUT2D eigenvalue weighted by molar-refractivity contribution is 0.228. The Balaban J connectivity index is 1.65. The van der Waals surface area contributed by atoms with Gasteiger partial charge in [-0.05, 0) is 43.4 Å². The third-order valence-corrected chi connectivity index (χ3v) is 3.30. The normalized spacial score (nSPS) is 14.7. The number of carbonyl (C=O) groups is 1. The van der Waals surface area contributed by atoms with Crippen molar-refractivity contribution in [2.24, 2.45) is 0 Å². The van der Waals surface area contributed by atoms with E-state index in [9.17, 15) is 4.79 Å². The van der Waals surface area contributed by atoms with Crippen molar-refractivity contribution in [2.75, 3.05) is 13.7 Å². The molecule has 1 fully saturated rings. The molecule has 98 valence electrons. The second-order valence-electron chi connectivity index (χ2n) is 4.63. The largest absolute Gasteiger partial charge is 0.497 e. The zero-order valence-electron chi connectivity index (χ0n) is 10.7. The fraction of sp³-hybridized carbons (Fsp3) is 0.500. The SMILES string of the molecule is COc1ccc(CCNC(=O)NC2CCC2)cc1. The van der Waals surface area contributed by atoms with Crippen LogP contribution in [0.2, 0.25) is 0 Å². The summed E-state index contributed by atoms with van der Waals surface area (Å²) in [6.45, 7) is 0.658. The van der Waals surface area contributed by atoms with Crippen LogP contribution in [0, 0.1) is 0 Å². The van der Waals surface area contributed by atoms with Crippen molar-refractivity contribution < 1.29 is 9.53 Å². The first-order valence-electron chi connectivity index (χ1n) is 6.45. The van der Waals surface area contributed by atoms with Crippen LogP contribution >= 0.6 is 0 Å². The van der Waals surface area contributed by atoms with Crippen LogP contribution in [-0.2, 0) is 6.42 Å². The van der Waals surface area contributed by atoms with Crippen LogP contribution in [0.3, 0.4) is 0 Å². The number of hydrogen-bond acceptors (Lipinski definition) is 2. The highest BCUT2D eigenvalue weighted by Crippen LogP contribution is 2.17. The summed E-state index contributed by atoms with van der Waals surface area (Å²) < 4.78 is 5.09. The molecule has 0 atom stereocenters. The third-order valence-electron chi connectivity index (χ3n) is 3.30. The van der Waals surface area contributed by atoms with Crippen LogP contribution in [0.15, 0.2) is 24.3 Å². The quantitative estimate of drug-likeness (QED) is 0.838. The van der Waals surface area contributed by atoms with Crippen molar-refractivity contribution in [2.45, 2.75) is 31.7 Å². The van der Waals surface area contributed by atoms with Gasteiger partial charge in [0.1, 0.15) is 5.75 Å². The van der Waals surface area contributed by atoms with Crippen molar-refractivity contribution in [3.05, 3.63) is 29.8 Å². The molecule has 2 rings (SSSR count). The molecular formula is C14H20N2O2. The summed E-state index contributed by atoms with van der Waals surface area (Å²) in [5, 5.41) is 5.83. The fourth-order valence-corrected chi connectivity index (χ4v) is 1.90. The van der Waals surface area contributed by atoms with E-state index >= 15 is 0 Å². The molecule has 0 bridgehead atoms. The summed E-state index contributed by atoms with van der Waals surface area (Å²) in [5.74, 6) is 0.856. The first-order valence-corrected chi connectivity index (χ1v) is 6.45. The first kappa shape index (κ1) is 12.7. The van der Waals surface area contributed by atoms with Gasteiger partial charge in [0.15, 0.2) is 0 Å². The molecule has 4 heteroatoms. The molecule has 0 aromatic heterocycles. The molecule has 1 aromatic rings. The molecule has 1 aliphatic carbocycles. The number of hydrogen-bond donors (Lipinski definition) is 2. The lowest BCUT2D eigenvalue weighted by Gasteiger charge is -2.26. The molecular weight excluding hydrogens is 228 g/mol. The Hall–Kier alpha value is -1.71. The van der Waals surface area contributed by atoms with Crippen molar-refractivity contribution in [3.8, 4) is 5.75 Å². The number of amides is 2. The lowest BCUT2D eigenvalue weighted by Crippen LogP contribution is -2.45. The summed E-state index contributed by atoms with van der Waals surface area (Å²) in [5.41, 5.74) is 1.19. The summed E-state index contributed by atoms with van der Waals surface area (Å²) in [4.78, 5) is 11.5. The van der Waals surface area contributed by atoms with Gasteiger partial charge in [-0.2, -0.15) is 0 Å². The van der Waals surface area contributed by atoms with E-state index in [1.54, 1.807) is 7.11 Å². The minimum atomic E-state index is -0.0480. The molecule has 1 aliphatic rings. The molecule has 0 unspecified atom stereocenters. The zero-order chi connectivity index (χ0) is 12.8. The van der Waals surface area contributed by atoms with E-state index in [2.05, 4.69) is 10.6 Å². The van der Waals surface area contributed by atoms with Crippen molar-refractivity contribution in [3.63, 3.8) is 0 Å². The van der Waals surface area contributed by atoms with Crippen LogP contribution in [0.4, 0.5) is 4.79 Å². The molecule has 18 heavy (non-hydrogen) atoms. The van der Waals surface area contributed by atoms with E-state index in [-0.39, 0.29) is 6.03 Å². The second kappa shape index (κ2) is 6.28. The summed E-state index contributed by atoms with van der Waals surface area (Å²) in [7, 11) is 1.65. The number of carbonyl (C=O) groups excluding carboxylic acids is 1. The van der Waals surface area contributed by atoms with Gasteiger partial charge < -0.3 is 15.4 Å². The van der Waals surface area contributed by atoms with Crippen molar-refractivity contribution >= 4 is 6.03 Å². The summed E-state index contributed by atoms with van der Waals surface area (Å²) in [6.07, 6.45) is 4.30. The highest BCUT2D eigenvalue weighted by Gasteiger charge is 2.18. The van der Waals surface area contributed by atoms with E-state index < -0.39 is 0 Å². The Bertz CT molecular complexity index is 385. The highest BCUT2D eigenvalue weighted by atomic mass is 16.5. The maximum atomic E-state index is 11.5. The van der Waals surface area contributed by atoms with Crippen LogP contribution in [0.1, 0.15) is 24.8 Å². The number of urea groups is 1. The number of rotatable bonds is 5. The first-order chi connectivity index (χ1) is 8.78. The molecule has 0 radical (unpaired) electrons. The number of nitrogens with one attached hydrogen (secondary N) is 2. The Morgan fingerprint density at radius 1 is 1.33 bits per heavy atom. The van der Waals surface area contributed by atoms with Gasteiger partial charge >= 0.3 is 6.03 Å². The standard InChI is InChI=1S/C14H20N2O2/c1-18-13-7-5-11(6-8-13)9-10-15-14(17)16-12-3-2-4-12/h5-8,12H,2-4,9-10H2,1H3,(H2,15,16,17). The van der Waals surface area contributed by atoms with Crippen LogP contribution in [0.5, 0.6) is 5.75 Å². The molecule has 2 N–H and O–H groups in total. The Labute approximate surface area is 108 Å². The van der Waals surface area contributed by atoms with Gasteiger partial charge in [-0.15, -0.1) is 0 Å². The maximum Gasteiger partial charge on any atom is 0.315 e. The molecule has 4 nitrogen and oxygen atoms in total. The molecule has 1 aromatic carbocycles. The van der Waals surface area contributed by atoms with E-state index in [0.717, 1.165) is 25.0 Å². The number of ether oxygens (including phenoxy) is 1. The van der Waals surface area contributed by atoms with Crippen LogP contribution in [0.25, 0.3) is 0 Å². The molecule has 0 saturated heterocycles. The minimum Gasteiger partial charge on any atom is -0.497 e. The van der Waals surface area contributed by atoms with E-state index in [4.69, 9.17) is 4.74 Å². The summed E-state index contributed by atoms with van der Waals surface area (Å²) >= 11 is 0. The molecule has 0 spiro atoms. The molecule has 0 aliphatic heterocycles. The number of methoxy groups -OCH3 is 1. The monoisotopic (exact) mass is 248 g/mol. The third kappa shape index (κ3) is 3.65. The summed E-state index contributed by atoms with van der Waals surface area (Å²) in [6, 6.07) is 8.25. The van der Waals surface area contributed by atoms with Crippen molar-refractivity contribution in [1.29, 1.82) is 0 Å². The maximum absolute atomic E-state index is 11.5. The van der Waals surface area contributed by atoms with Gasteiger partial charge in [0.25, 0.3) is 0 Å². The molecule has 0 heterocycles. The van der Waals surface area contributed by atoms with Gasteiger partial charge in [0.2, 0.25) is 0 Å². The second-order valence-corrected chi connectivity index (χ2v) is 4.63. The Morgan fingerprint density at radius 2 is 2.06 bits per heavy atom. The Morgan fingerprint density at radius 3 is 2.61 bits per heavy atom. The molecule has 2 amide bonds. The van der Waals surface area contributed by atoms with Gasteiger partial charge in [-0.3, -0.25) is 0 Å². The predicted octanol–water partition coefficient (Wildman–Crippen LogP) is 2.09. The average Bonchev–Trinajstić information content (AvgIpc) is 2.35. The zero-order valence-corrected chi connectivity index (χ0v) is 10.7. The lowest BCUT2D eigenvalue weighted by atomic mass is 9.93. The number of benzene rings is 1. The molecule has 1 saturated carbocycles. The van der Waals surface area contributed by atoms with Crippen molar-refractivity contribution in [1.82, 2.24) is 10.6 Å². The topological polar surface area (TPSA) is 50.4 Å². The van der Waals surface area contributed by atoms with Gasteiger partial charge in [-0.1, -0.05) is 12.1 Å². The average molecular weight is 248 g/mol. The predicted molar refractivity (Wildman–Crippen MR) is 70.9 cm³/mol. The van der Waals surface area contributed by atoms with Crippen LogP contribution in [-0.4, -0.2) is 25.7 Å². The van der Waals surface area contributed by atoms with E-state index in [0.29, 0.717) is 12.6 Å². The smallest absolute Gasteiger partial charge is 0.315 e. The fourth-order valence-electron chi connectivity index (χ4n) is 1.90. The van der Waals surface area contributed by atoms with Gasteiger partial charge in [-0.25, -0.2) is 4.79 Å². The van der Waals surface area contributed by atoms with Gasteiger partial charge in [0.05, 0.1) is 7.11 Å². The van der Waals surface area contributed by atoms with Crippen LogP contribution < -0.4 is 15.4 Å².